The minimum Gasteiger partial charge on any atom is -0.494 e. The lowest BCUT2D eigenvalue weighted by atomic mass is 10.1. The zero-order valence-electron chi connectivity index (χ0n) is 15.8. The monoisotopic (exact) mass is 354 g/mol. The number of nitrogens with one attached hydrogen (secondary N) is 1. The third-order valence-corrected chi connectivity index (χ3v) is 3.88. The third kappa shape index (κ3) is 5.62. The van der Waals surface area contributed by atoms with Gasteiger partial charge in [-0.15, -0.1) is 0 Å². The van der Waals surface area contributed by atoms with E-state index in [-0.39, 0.29) is 11.8 Å². The number of hydrogen-bond acceptors (Lipinski definition) is 3. The maximum Gasteiger partial charge on any atom is 0.255 e. The Morgan fingerprint density at radius 3 is 2.08 bits per heavy atom. The second-order valence-electron chi connectivity index (χ2n) is 6.79. The fourth-order valence-corrected chi connectivity index (χ4v) is 2.27. The molecule has 1 N–H and O–H groups in total. The Bertz CT molecular complexity index is 735. The van der Waals surface area contributed by atoms with Crippen LogP contribution < -0.4 is 10.1 Å². The first-order chi connectivity index (χ1) is 12.4. The van der Waals surface area contributed by atoms with Crippen LogP contribution in [0.4, 0.5) is 5.69 Å². The van der Waals surface area contributed by atoms with Crippen molar-refractivity contribution in [2.24, 2.45) is 5.92 Å². The van der Waals surface area contributed by atoms with Crippen LogP contribution in [0.1, 0.15) is 41.0 Å². The summed E-state index contributed by atoms with van der Waals surface area (Å²) >= 11 is 0. The Morgan fingerprint density at radius 2 is 1.54 bits per heavy atom. The first kappa shape index (κ1) is 19.5. The molecule has 0 aliphatic carbocycles. The molecule has 0 aliphatic heterocycles. The fraction of sp³-hybridized carbons (Fsp3) is 0.333. The van der Waals surface area contributed by atoms with Gasteiger partial charge in [0.2, 0.25) is 0 Å². The lowest BCUT2D eigenvalue weighted by molar-refractivity contribution is 0.0827. The summed E-state index contributed by atoms with van der Waals surface area (Å²) in [5, 5.41) is 2.83. The summed E-state index contributed by atoms with van der Waals surface area (Å²) in [6.45, 7) is 4.97. The minimum atomic E-state index is -0.203. The molecule has 0 saturated heterocycles. The molecule has 0 radical (unpaired) electrons. The molecule has 5 nitrogen and oxygen atoms in total. The summed E-state index contributed by atoms with van der Waals surface area (Å²) in [5.41, 5.74) is 1.77. The van der Waals surface area contributed by atoms with Crippen molar-refractivity contribution in [2.75, 3.05) is 26.0 Å². The van der Waals surface area contributed by atoms with Crippen LogP contribution in [-0.2, 0) is 0 Å². The van der Waals surface area contributed by atoms with Crippen LogP contribution in [0.3, 0.4) is 0 Å². The van der Waals surface area contributed by atoms with Crippen LogP contribution >= 0.6 is 0 Å². The van der Waals surface area contributed by atoms with Gasteiger partial charge in [0.05, 0.1) is 6.61 Å². The van der Waals surface area contributed by atoms with E-state index in [9.17, 15) is 9.59 Å². The zero-order chi connectivity index (χ0) is 19.1. The molecule has 26 heavy (non-hydrogen) atoms. The molecule has 2 aromatic rings. The number of rotatable bonds is 7. The van der Waals surface area contributed by atoms with Gasteiger partial charge in [-0.25, -0.2) is 0 Å². The quantitative estimate of drug-likeness (QED) is 0.815. The molecule has 138 valence electrons. The summed E-state index contributed by atoms with van der Waals surface area (Å²) in [7, 11) is 3.41. The van der Waals surface area contributed by atoms with Crippen molar-refractivity contribution in [2.45, 2.75) is 20.3 Å². The molecule has 0 heterocycles. The minimum absolute atomic E-state index is 0.0732. The second-order valence-corrected chi connectivity index (χ2v) is 6.79. The Morgan fingerprint density at radius 1 is 0.962 bits per heavy atom. The Kier molecular flexibility index (Phi) is 6.78. The third-order valence-electron chi connectivity index (χ3n) is 3.88. The van der Waals surface area contributed by atoms with Crippen LogP contribution in [0.5, 0.6) is 5.75 Å². The number of carbonyl (C=O) groups excluding carboxylic acids is 2. The van der Waals surface area contributed by atoms with Gasteiger partial charge in [-0.1, -0.05) is 13.8 Å². The largest absolute Gasteiger partial charge is 0.494 e. The molecule has 0 unspecified atom stereocenters. The summed E-state index contributed by atoms with van der Waals surface area (Å²) in [4.78, 5) is 25.7. The number of nitrogens with zero attached hydrogens (tertiary/aromatic N) is 1. The number of hydrogen-bond donors (Lipinski definition) is 1. The van der Waals surface area contributed by atoms with Crippen molar-refractivity contribution >= 4 is 17.5 Å². The van der Waals surface area contributed by atoms with Gasteiger partial charge in [-0.3, -0.25) is 9.59 Å². The molecule has 0 fully saturated rings. The van der Waals surface area contributed by atoms with Crippen molar-refractivity contribution in [3.05, 3.63) is 59.7 Å². The first-order valence-electron chi connectivity index (χ1n) is 8.72. The zero-order valence-corrected chi connectivity index (χ0v) is 15.8. The molecule has 0 atom stereocenters. The average molecular weight is 354 g/mol. The highest BCUT2D eigenvalue weighted by atomic mass is 16.5. The molecule has 2 rings (SSSR count). The molecule has 5 heteroatoms. The Labute approximate surface area is 155 Å². The van der Waals surface area contributed by atoms with Gasteiger partial charge in [0.15, 0.2) is 0 Å². The summed E-state index contributed by atoms with van der Waals surface area (Å²) in [5.74, 6) is 1.08. The lowest BCUT2D eigenvalue weighted by Crippen LogP contribution is -2.21. The fourth-order valence-electron chi connectivity index (χ4n) is 2.27. The summed E-state index contributed by atoms with van der Waals surface area (Å²) in [6.07, 6.45) is 0.995. The summed E-state index contributed by atoms with van der Waals surface area (Å²) < 4.78 is 5.66. The van der Waals surface area contributed by atoms with Crippen LogP contribution in [0, 0.1) is 5.92 Å². The smallest absolute Gasteiger partial charge is 0.255 e. The van der Waals surface area contributed by atoms with E-state index in [1.165, 1.54) is 4.90 Å². The highest BCUT2D eigenvalue weighted by Crippen LogP contribution is 2.16. The standard InChI is InChI=1S/C21H26N2O3/c1-15(2)13-14-26-19-11-7-16(8-12-19)20(24)22-18-9-5-17(6-10-18)21(25)23(3)4/h5-12,15H,13-14H2,1-4H3,(H,22,24). The molecule has 0 spiro atoms. The average Bonchev–Trinajstić information content (AvgIpc) is 2.62. The number of carbonyl (C=O) groups is 2. The van der Waals surface area contributed by atoms with Crippen molar-refractivity contribution in [3.8, 4) is 5.75 Å². The van der Waals surface area contributed by atoms with Gasteiger partial charge in [-0.05, 0) is 60.9 Å². The Balaban J connectivity index is 1.94. The van der Waals surface area contributed by atoms with Gasteiger partial charge in [-0.2, -0.15) is 0 Å². The molecule has 0 aromatic heterocycles. The van der Waals surface area contributed by atoms with E-state index in [4.69, 9.17) is 4.74 Å². The van der Waals surface area contributed by atoms with E-state index >= 15 is 0 Å². The van der Waals surface area contributed by atoms with Crippen LogP contribution in [0.25, 0.3) is 0 Å². The molecule has 2 aromatic carbocycles. The molecular weight excluding hydrogens is 328 g/mol. The van der Waals surface area contributed by atoms with E-state index in [1.807, 2.05) is 0 Å². The predicted octanol–water partition coefficient (Wildman–Crippen LogP) is 4.07. The number of benzene rings is 2. The van der Waals surface area contributed by atoms with E-state index in [2.05, 4.69) is 19.2 Å². The Hall–Kier alpha value is -2.82. The summed E-state index contributed by atoms with van der Waals surface area (Å²) in [6, 6.07) is 13.9. The molecule has 0 aliphatic rings. The lowest BCUT2D eigenvalue weighted by Gasteiger charge is -2.11. The van der Waals surface area contributed by atoms with Gasteiger partial charge in [0.25, 0.3) is 11.8 Å². The topological polar surface area (TPSA) is 58.6 Å². The van der Waals surface area contributed by atoms with Gasteiger partial charge < -0.3 is 15.0 Å². The number of ether oxygens (including phenoxy) is 1. The predicted molar refractivity (Wildman–Crippen MR) is 104 cm³/mol. The van der Waals surface area contributed by atoms with E-state index in [0.717, 1.165) is 12.2 Å². The van der Waals surface area contributed by atoms with Gasteiger partial charge in [0, 0.05) is 30.9 Å². The van der Waals surface area contributed by atoms with Crippen LogP contribution in [0.2, 0.25) is 0 Å². The van der Waals surface area contributed by atoms with Crippen molar-refractivity contribution in [3.63, 3.8) is 0 Å². The SMILES string of the molecule is CC(C)CCOc1ccc(C(=O)Nc2ccc(C(=O)N(C)C)cc2)cc1. The van der Waals surface area contributed by atoms with Crippen LogP contribution in [0.15, 0.2) is 48.5 Å². The maximum atomic E-state index is 12.3. The normalized spacial score (nSPS) is 10.5. The molecular formula is C21H26N2O3. The van der Waals surface area contributed by atoms with Crippen LogP contribution in [-0.4, -0.2) is 37.4 Å². The highest BCUT2D eigenvalue weighted by Gasteiger charge is 2.09. The second kappa shape index (κ2) is 9.04. The van der Waals surface area contributed by atoms with E-state index < -0.39 is 0 Å². The van der Waals surface area contributed by atoms with Gasteiger partial charge >= 0.3 is 0 Å². The molecule has 0 bridgehead atoms. The van der Waals surface area contributed by atoms with E-state index in [1.54, 1.807) is 62.6 Å². The van der Waals surface area contributed by atoms with Gasteiger partial charge in [0.1, 0.15) is 5.75 Å². The maximum absolute atomic E-state index is 12.3. The molecule has 2 amide bonds. The molecule has 0 saturated carbocycles. The van der Waals surface area contributed by atoms with Crippen molar-refractivity contribution in [1.82, 2.24) is 4.90 Å². The first-order valence-corrected chi connectivity index (χ1v) is 8.72. The van der Waals surface area contributed by atoms with E-state index in [0.29, 0.717) is 29.3 Å². The van der Waals surface area contributed by atoms with Crippen molar-refractivity contribution < 1.29 is 14.3 Å². The van der Waals surface area contributed by atoms with Crippen molar-refractivity contribution in [1.29, 1.82) is 0 Å². The highest BCUT2D eigenvalue weighted by molar-refractivity contribution is 6.04. The number of amides is 2. The number of anilines is 1.